The molecule has 10 aromatic rings. The molecule has 0 spiro atoms. The fourth-order valence-electron chi connectivity index (χ4n) is 8.11. The highest BCUT2D eigenvalue weighted by molar-refractivity contribution is 6.25. The Hall–Kier alpha value is -5.80. The zero-order valence-electron chi connectivity index (χ0n) is 26.6. The molecule has 224 valence electrons. The second kappa shape index (κ2) is 9.37. The molecule has 47 heavy (non-hydrogen) atoms. The Morgan fingerprint density at radius 1 is 0.511 bits per heavy atom. The number of fused-ring (bicyclic) bond motifs is 10. The third-order valence-electron chi connectivity index (χ3n) is 9.97. The number of rotatable bonds is 3. The Kier molecular flexibility index (Phi) is 5.27. The van der Waals surface area contributed by atoms with Crippen molar-refractivity contribution in [1.29, 1.82) is 0 Å². The van der Waals surface area contributed by atoms with Crippen molar-refractivity contribution >= 4 is 87.9 Å². The molecule has 0 amide bonds. The van der Waals surface area contributed by atoms with Crippen molar-refractivity contribution in [3.8, 4) is 0 Å². The van der Waals surface area contributed by atoms with E-state index in [1.807, 2.05) is 6.07 Å². The van der Waals surface area contributed by atoms with E-state index in [9.17, 15) is 0 Å². The van der Waals surface area contributed by atoms with Crippen LogP contribution in [0.25, 0.3) is 70.8 Å². The van der Waals surface area contributed by atoms with Crippen LogP contribution in [0.1, 0.15) is 26.3 Å². The first-order valence-corrected chi connectivity index (χ1v) is 16.4. The molecule has 0 atom stereocenters. The maximum absolute atomic E-state index is 6.74. The third kappa shape index (κ3) is 3.63. The predicted molar refractivity (Wildman–Crippen MR) is 199 cm³/mol. The van der Waals surface area contributed by atoms with Gasteiger partial charge in [0.15, 0.2) is 5.58 Å². The molecule has 3 heterocycles. The first-order chi connectivity index (χ1) is 23.0. The Labute approximate surface area is 272 Å². The lowest BCUT2D eigenvalue weighted by molar-refractivity contribution is 0.596. The van der Waals surface area contributed by atoms with Crippen LogP contribution < -0.4 is 4.90 Å². The number of hydrogen-bond acceptors (Lipinski definition) is 2. The zero-order chi connectivity index (χ0) is 31.4. The minimum Gasteiger partial charge on any atom is -0.454 e. The first-order valence-electron chi connectivity index (χ1n) is 16.4. The molecule has 0 aliphatic rings. The highest BCUT2D eigenvalue weighted by Gasteiger charge is 2.29. The highest BCUT2D eigenvalue weighted by Crippen LogP contribution is 2.50. The molecule has 0 saturated carbocycles. The number of furan rings is 1. The van der Waals surface area contributed by atoms with E-state index in [-0.39, 0.29) is 5.41 Å². The summed E-state index contributed by atoms with van der Waals surface area (Å²) >= 11 is 0. The van der Waals surface area contributed by atoms with E-state index in [2.05, 4.69) is 164 Å². The second-order valence-corrected chi connectivity index (χ2v) is 13.8. The molecule has 0 aliphatic heterocycles. The van der Waals surface area contributed by atoms with Gasteiger partial charge in [-0.3, -0.25) is 0 Å². The van der Waals surface area contributed by atoms with Gasteiger partial charge in [0.2, 0.25) is 0 Å². The molecule has 10 rings (SSSR count). The Morgan fingerprint density at radius 3 is 1.81 bits per heavy atom. The molecular formula is C44H32N2O. The van der Waals surface area contributed by atoms with E-state index in [0.717, 1.165) is 39.0 Å². The summed E-state index contributed by atoms with van der Waals surface area (Å²) < 4.78 is 9.19. The van der Waals surface area contributed by atoms with Gasteiger partial charge in [-0.05, 0) is 64.2 Å². The van der Waals surface area contributed by atoms with Crippen LogP contribution in [0.3, 0.4) is 0 Å². The quantitative estimate of drug-likeness (QED) is 0.200. The number of benzene rings is 7. The maximum atomic E-state index is 6.74. The number of aromatic nitrogens is 1. The normalized spacial score (nSPS) is 12.6. The maximum Gasteiger partial charge on any atom is 0.159 e. The predicted octanol–water partition coefficient (Wildman–Crippen LogP) is 12.7. The Balaban J connectivity index is 1.39. The van der Waals surface area contributed by atoms with Crippen LogP contribution in [0.5, 0.6) is 0 Å². The second-order valence-electron chi connectivity index (χ2n) is 13.8. The molecule has 3 aromatic heterocycles. The van der Waals surface area contributed by atoms with E-state index in [4.69, 9.17) is 4.42 Å². The molecule has 3 heteroatoms. The van der Waals surface area contributed by atoms with Crippen molar-refractivity contribution in [2.75, 3.05) is 4.90 Å². The van der Waals surface area contributed by atoms with Crippen molar-refractivity contribution in [2.24, 2.45) is 0 Å². The van der Waals surface area contributed by atoms with E-state index >= 15 is 0 Å². The molecule has 0 radical (unpaired) electrons. The van der Waals surface area contributed by atoms with Crippen molar-refractivity contribution in [1.82, 2.24) is 4.40 Å². The molecule has 0 aliphatic carbocycles. The molecule has 0 bridgehead atoms. The van der Waals surface area contributed by atoms with Gasteiger partial charge in [-0.1, -0.05) is 118 Å². The summed E-state index contributed by atoms with van der Waals surface area (Å²) in [5.74, 6) is 0. The third-order valence-corrected chi connectivity index (χ3v) is 9.97. The molecule has 0 saturated heterocycles. The van der Waals surface area contributed by atoms with Gasteiger partial charge in [0.05, 0.1) is 27.9 Å². The van der Waals surface area contributed by atoms with E-state index in [1.54, 1.807) is 0 Å². The fourth-order valence-corrected chi connectivity index (χ4v) is 8.11. The van der Waals surface area contributed by atoms with Gasteiger partial charge in [0.25, 0.3) is 0 Å². The summed E-state index contributed by atoms with van der Waals surface area (Å²) in [6, 6.07) is 50.7. The van der Waals surface area contributed by atoms with Crippen molar-refractivity contribution in [3.63, 3.8) is 0 Å². The molecule has 0 unspecified atom stereocenters. The molecule has 3 nitrogen and oxygen atoms in total. The summed E-state index contributed by atoms with van der Waals surface area (Å²) in [5, 5.41) is 9.79. The molecule has 0 fully saturated rings. The van der Waals surface area contributed by atoms with Crippen LogP contribution >= 0.6 is 0 Å². The minimum absolute atomic E-state index is 0.139. The minimum atomic E-state index is -0.139. The van der Waals surface area contributed by atoms with Gasteiger partial charge in [-0.25, -0.2) is 0 Å². The van der Waals surface area contributed by atoms with Crippen molar-refractivity contribution < 1.29 is 4.42 Å². The van der Waals surface area contributed by atoms with Crippen LogP contribution in [0, 0.1) is 0 Å². The van der Waals surface area contributed by atoms with Crippen LogP contribution in [0.4, 0.5) is 17.1 Å². The monoisotopic (exact) mass is 604 g/mol. The number of hydrogen-bond donors (Lipinski definition) is 0. The highest BCUT2D eigenvalue weighted by atomic mass is 16.3. The lowest BCUT2D eigenvalue weighted by Crippen LogP contribution is -2.19. The summed E-state index contributed by atoms with van der Waals surface area (Å²) in [5.41, 5.74) is 10.00. The van der Waals surface area contributed by atoms with Crippen molar-refractivity contribution in [3.05, 3.63) is 145 Å². The average Bonchev–Trinajstić information content (AvgIpc) is 3.75. The van der Waals surface area contributed by atoms with Crippen molar-refractivity contribution in [2.45, 2.75) is 26.2 Å². The van der Waals surface area contributed by atoms with E-state index in [0.29, 0.717) is 0 Å². The summed E-state index contributed by atoms with van der Waals surface area (Å²) in [6.45, 7) is 6.97. The van der Waals surface area contributed by atoms with E-state index in [1.165, 1.54) is 54.4 Å². The summed E-state index contributed by atoms with van der Waals surface area (Å²) in [4.78, 5) is 2.46. The summed E-state index contributed by atoms with van der Waals surface area (Å²) in [6.07, 6.45) is 0. The first kappa shape index (κ1) is 26.4. The van der Waals surface area contributed by atoms with Crippen LogP contribution in [0.2, 0.25) is 0 Å². The zero-order valence-corrected chi connectivity index (χ0v) is 26.6. The topological polar surface area (TPSA) is 20.8 Å². The van der Waals surface area contributed by atoms with Gasteiger partial charge in [0.1, 0.15) is 5.58 Å². The number of nitrogens with zero attached hydrogens (tertiary/aromatic N) is 2. The van der Waals surface area contributed by atoms with Crippen LogP contribution in [0.15, 0.2) is 144 Å². The molecular weight excluding hydrogens is 572 g/mol. The average molecular weight is 605 g/mol. The van der Waals surface area contributed by atoms with Crippen LogP contribution in [-0.2, 0) is 5.41 Å². The van der Waals surface area contributed by atoms with Gasteiger partial charge in [0, 0.05) is 38.0 Å². The standard InChI is InChI=1S/C44H32N2O/c1-44(2,3)41-29-14-5-4-13-27(29)23-24-38(41)45(39-21-12-18-33-32-17-8-11-22-40(32)47-43(33)39)28-25-34-30-15-6-9-19-36(30)46-37-20-10-7-16-31(37)35(26-28)42(34)46/h4-26H,1-3H3. The fraction of sp³-hybridized carbons (Fsp3) is 0.0909. The Morgan fingerprint density at radius 2 is 1.11 bits per heavy atom. The largest absolute Gasteiger partial charge is 0.454 e. The molecule has 0 N–H and O–H groups in total. The van der Waals surface area contributed by atoms with Gasteiger partial charge >= 0.3 is 0 Å². The molecule has 7 aromatic carbocycles. The lowest BCUT2D eigenvalue weighted by Gasteiger charge is -2.33. The number of para-hydroxylation sites is 4. The van der Waals surface area contributed by atoms with Gasteiger partial charge < -0.3 is 13.7 Å². The van der Waals surface area contributed by atoms with Crippen LogP contribution in [-0.4, -0.2) is 4.40 Å². The van der Waals surface area contributed by atoms with E-state index < -0.39 is 0 Å². The van der Waals surface area contributed by atoms with Gasteiger partial charge in [-0.15, -0.1) is 0 Å². The SMILES string of the molecule is CC(C)(C)c1c(N(c2cc3c4ccccc4n4c5ccccc5c(c2)c34)c2cccc3c2oc2ccccc23)ccc2ccccc12. The van der Waals surface area contributed by atoms with Gasteiger partial charge in [-0.2, -0.15) is 0 Å². The summed E-state index contributed by atoms with van der Waals surface area (Å²) in [7, 11) is 0. The lowest BCUT2D eigenvalue weighted by atomic mass is 9.81. The Bertz CT molecular complexity index is 2760. The number of anilines is 3. The smallest absolute Gasteiger partial charge is 0.159 e.